The van der Waals surface area contributed by atoms with Crippen LogP contribution in [0.2, 0.25) is 0 Å². The summed E-state index contributed by atoms with van der Waals surface area (Å²) in [6.07, 6.45) is -3.48. The van der Waals surface area contributed by atoms with Crippen molar-refractivity contribution in [2.75, 3.05) is 0 Å². The highest BCUT2D eigenvalue weighted by Crippen LogP contribution is 2.41. The second-order valence-electron chi connectivity index (χ2n) is 5.24. The van der Waals surface area contributed by atoms with E-state index in [2.05, 4.69) is 13.6 Å². The number of halogens is 3. The van der Waals surface area contributed by atoms with Crippen LogP contribution >= 0.6 is 0 Å². The van der Waals surface area contributed by atoms with Gasteiger partial charge in [-0.15, -0.1) is 8.42 Å². The van der Waals surface area contributed by atoms with Crippen molar-refractivity contribution < 1.29 is 35.2 Å². The molecule has 0 aromatic heterocycles. The van der Waals surface area contributed by atoms with Gasteiger partial charge in [0, 0.05) is 5.56 Å². The maximum atomic E-state index is 13.3. The number of hydrogen-bond donors (Lipinski definition) is 1. The molecule has 0 atom stereocenters. The first-order chi connectivity index (χ1) is 11.1. The van der Waals surface area contributed by atoms with Gasteiger partial charge in [-0.25, -0.2) is 4.28 Å². The summed E-state index contributed by atoms with van der Waals surface area (Å²) in [4.78, 5) is 0. The third-order valence-electron chi connectivity index (χ3n) is 3.38. The number of hydrogen-bond acceptors (Lipinski definition) is 6. The Morgan fingerprint density at radius 2 is 1.83 bits per heavy atom. The lowest BCUT2D eigenvalue weighted by Crippen LogP contribution is -2.24. The first-order valence-electron chi connectivity index (χ1n) is 7.27. The molecule has 1 heterocycles. The number of oxime groups is 1. The molecule has 0 amide bonds. The van der Waals surface area contributed by atoms with Crippen molar-refractivity contribution in [1.82, 2.24) is 0 Å². The lowest BCUT2D eigenvalue weighted by atomic mass is 9.94. The highest BCUT2D eigenvalue weighted by molar-refractivity contribution is 7.82. The van der Waals surface area contributed by atoms with Gasteiger partial charge in [0.2, 0.25) is 0 Å². The van der Waals surface area contributed by atoms with Crippen molar-refractivity contribution in [3.05, 3.63) is 22.8 Å². The molecule has 0 saturated carbocycles. The van der Waals surface area contributed by atoms with Crippen LogP contribution in [0.15, 0.2) is 11.2 Å². The van der Waals surface area contributed by atoms with Crippen molar-refractivity contribution >= 4 is 16.1 Å². The number of aromatic hydroxyl groups is 1. The number of nitrogens with zero attached hydrogens (tertiary/aromatic N) is 1. The van der Waals surface area contributed by atoms with Crippen molar-refractivity contribution in [3.8, 4) is 11.5 Å². The number of aryl methyl sites for hydroxylation is 1. The topological polar surface area (TPSA) is 85.2 Å². The molecule has 1 N–H and O–H groups in total. The van der Waals surface area contributed by atoms with Gasteiger partial charge in [0.1, 0.15) is 5.75 Å². The quantitative estimate of drug-likeness (QED) is 0.883. The van der Waals surface area contributed by atoms with Crippen LogP contribution in [0, 0.1) is 0 Å². The molecule has 0 radical (unpaired) electrons. The van der Waals surface area contributed by atoms with E-state index in [1.165, 1.54) is 0 Å². The molecule has 10 heteroatoms. The molecule has 1 aliphatic heterocycles. The zero-order valence-electron chi connectivity index (χ0n) is 13.0. The summed E-state index contributed by atoms with van der Waals surface area (Å²) in [7, 11) is -4.81. The molecule has 0 aliphatic carbocycles. The Morgan fingerprint density at radius 1 is 1.21 bits per heavy atom. The molecule has 0 spiro atoms. The largest absolute Gasteiger partial charge is 0.521 e. The fourth-order valence-electron chi connectivity index (χ4n) is 2.44. The summed E-state index contributed by atoms with van der Waals surface area (Å²) in [5, 5.41) is 13.0. The molecule has 0 fully saturated rings. The lowest BCUT2D eigenvalue weighted by molar-refractivity contribution is -0.0596. The van der Waals surface area contributed by atoms with E-state index in [9.17, 15) is 26.7 Å². The Kier molecular flexibility index (Phi) is 4.97. The van der Waals surface area contributed by atoms with E-state index in [1.807, 2.05) is 0 Å². The molecule has 0 bridgehead atoms. The molecule has 2 rings (SSSR count). The second kappa shape index (κ2) is 6.50. The van der Waals surface area contributed by atoms with Crippen LogP contribution in [0.3, 0.4) is 0 Å². The van der Waals surface area contributed by atoms with Crippen molar-refractivity contribution in [2.45, 2.75) is 45.7 Å². The minimum Gasteiger partial charge on any atom is -0.507 e. The Morgan fingerprint density at radius 3 is 2.38 bits per heavy atom. The lowest BCUT2D eigenvalue weighted by Gasteiger charge is -2.17. The van der Waals surface area contributed by atoms with Crippen LogP contribution in [0.4, 0.5) is 13.2 Å². The Bertz CT molecular complexity index is 772. The summed E-state index contributed by atoms with van der Waals surface area (Å²) in [6, 6.07) is 1.05. The summed E-state index contributed by atoms with van der Waals surface area (Å²) < 4.78 is 71.5. The van der Waals surface area contributed by atoms with E-state index in [4.69, 9.17) is 0 Å². The van der Waals surface area contributed by atoms with Crippen LogP contribution in [0.25, 0.3) is 0 Å². The smallest absolute Gasteiger partial charge is 0.507 e. The molecule has 134 valence electrons. The Hall–Kier alpha value is -1.97. The number of phenolic OH excluding ortho intramolecular Hbond substituents is 1. The number of phenols is 1. The van der Waals surface area contributed by atoms with Crippen LogP contribution < -0.4 is 4.18 Å². The standard InChI is InChI=1S/C14H16F3NO5S/c1-3-5-8-7-10-12(9(6-4-2)11(8)19)22-24(20,21)23-18-13(10)14(15,16)17/h7,19H,3-6H2,1-2H3. The maximum Gasteiger partial charge on any atom is 0.521 e. The van der Waals surface area contributed by atoms with Gasteiger partial charge in [-0.2, -0.15) is 13.2 Å². The molecule has 0 unspecified atom stereocenters. The Balaban J connectivity index is 2.83. The average Bonchev–Trinajstić information content (AvgIpc) is 2.59. The zero-order valence-corrected chi connectivity index (χ0v) is 13.8. The molecular formula is C14H16F3NO5S. The van der Waals surface area contributed by atoms with E-state index < -0.39 is 33.6 Å². The van der Waals surface area contributed by atoms with E-state index in [-0.39, 0.29) is 23.3 Å². The van der Waals surface area contributed by atoms with Gasteiger partial charge in [0.05, 0.1) is 5.56 Å². The molecule has 1 aliphatic rings. The molecule has 1 aromatic rings. The van der Waals surface area contributed by atoms with Gasteiger partial charge in [-0.3, -0.25) is 0 Å². The highest BCUT2D eigenvalue weighted by atomic mass is 32.3. The fraction of sp³-hybridized carbons (Fsp3) is 0.500. The number of benzene rings is 1. The zero-order chi connectivity index (χ0) is 18.1. The van der Waals surface area contributed by atoms with E-state index in [1.54, 1.807) is 13.8 Å². The van der Waals surface area contributed by atoms with Crippen molar-refractivity contribution in [2.24, 2.45) is 5.16 Å². The van der Waals surface area contributed by atoms with Crippen LogP contribution in [-0.4, -0.2) is 25.4 Å². The SMILES string of the molecule is CCCc1cc2c(c(CCC)c1O)OS(=O)(=O)ON=C2C(F)(F)F. The van der Waals surface area contributed by atoms with Gasteiger partial charge >= 0.3 is 16.6 Å². The van der Waals surface area contributed by atoms with Crippen LogP contribution in [-0.2, 0) is 27.5 Å². The maximum absolute atomic E-state index is 13.3. The van der Waals surface area contributed by atoms with E-state index in [0.717, 1.165) is 6.07 Å². The van der Waals surface area contributed by atoms with E-state index >= 15 is 0 Å². The summed E-state index contributed by atoms with van der Waals surface area (Å²) in [5.74, 6) is -0.862. The van der Waals surface area contributed by atoms with Gasteiger partial charge < -0.3 is 9.29 Å². The van der Waals surface area contributed by atoms with Gasteiger partial charge in [0.15, 0.2) is 11.5 Å². The van der Waals surface area contributed by atoms with Gasteiger partial charge in [0.25, 0.3) is 0 Å². The summed E-state index contributed by atoms with van der Waals surface area (Å²) in [6.45, 7) is 3.53. The summed E-state index contributed by atoms with van der Waals surface area (Å²) >= 11 is 0. The molecular weight excluding hydrogens is 351 g/mol. The monoisotopic (exact) mass is 367 g/mol. The van der Waals surface area contributed by atoms with E-state index in [0.29, 0.717) is 19.3 Å². The third-order valence-corrected chi connectivity index (χ3v) is 4.00. The van der Waals surface area contributed by atoms with Crippen molar-refractivity contribution in [3.63, 3.8) is 0 Å². The van der Waals surface area contributed by atoms with Gasteiger partial charge in [-0.1, -0.05) is 31.8 Å². The van der Waals surface area contributed by atoms with Crippen LogP contribution in [0.1, 0.15) is 43.4 Å². The number of rotatable bonds is 4. The predicted molar refractivity (Wildman–Crippen MR) is 79.3 cm³/mol. The molecule has 0 saturated heterocycles. The predicted octanol–water partition coefficient (Wildman–Crippen LogP) is 3.22. The molecule has 24 heavy (non-hydrogen) atoms. The van der Waals surface area contributed by atoms with Crippen molar-refractivity contribution in [1.29, 1.82) is 0 Å². The minimum atomic E-state index is -4.96. The normalized spacial score (nSPS) is 16.5. The fourth-order valence-corrected chi connectivity index (χ4v) is 3.03. The van der Waals surface area contributed by atoms with Crippen LogP contribution in [0.5, 0.6) is 11.5 Å². The Labute approximate surface area is 137 Å². The van der Waals surface area contributed by atoms with Gasteiger partial charge in [-0.05, 0) is 24.5 Å². The molecule has 6 nitrogen and oxygen atoms in total. The third kappa shape index (κ3) is 3.58. The summed E-state index contributed by atoms with van der Waals surface area (Å²) in [5.41, 5.74) is -1.83. The first-order valence-corrected chi connectivity index (χ1v) is 8.60. The number of alkyl halides is 3. The molecule has 1 aromatic carbocycles. The number of fused-ring (bicyclic) bond motifs is 1. The minimum absolute atomic E-state index is 0.00975. The highest BCUT2D eigenvalue weighted by Gasteiger charge is 2.43. The average molecular weight is 367 g/mol. The first kappa shape index (κ1) is 18.4. The second-order valence-corrected chi connectivity index (χ2v) is 6.38.